The van der Waals surface area contributed by atoms with Crippen LogP contribution in [-0.4, -0.2) is 13.1 Å². The molecular weight excluding hydrogens is 242 g/mol. The fourth-order valence-corrected chi connectivity index (χ4v) is 4.49. The largest absolute Gasteiger partial charge is 0.316 e. The highest BCUT2D eigenvalue weighted by Crippen LogP contribution is 2.60. The lowest BCUT2D eigenvalue weighted by Crippen LogP contribution is -2.35. The maximum atomic E-state index is 3.71. The van der Waals surface area contributed by atoms with Gasteiger partial charge in [0.25, 0.3) is 0 Å². The molecule has 1 nitrogen and oxygen atoms in total. The summed E-state index contributed by atoms with van der Waals surface area (Å²) in [7, 11) is 0. The van der Waals surface area contributed by atoms with Crippen molar-refractivity contribution in [3.63, 3.8) is 0 Å². The molecule has 2 aliphatic rings. The van der Waals surface area contributed by atoms with Gasteiger partial charge < -0.3 is 5.32 Å². The molecule has 2 fully saturated rings. The molecular formula is C19H29N. The lowest BCUT2D eigenvalue weighted by molar-refractivity contribution is 0.249. The molecule has 2 unspecified atom stereocenters. The van der Waals surface area contributed by atoms with Crippen molar-refractivity contribution in [2.45, 2.75) is 52.9 Å². The third-order valence-electron chi connectivity index (χ3n) is 5.25. The van der Waals surface area contributed by atoms with Crippen molar-refractivity contribution in [1.29, 1.82) is 0 Å². The summed E-state index contributed by atoms with van der Waals surface area (Å²) in [6, 6.07) is 7.09. The van der Waals surface area contributed by atoms with E-state index in [1.807, 2.05) is 0 Å². The highest BCUT2D eigenvalue weighted by Gasteiger charge is 2.53. The third-order valence-corrected chi connectivity index (χ3v) is 5.25. The van der Waals surface area contributed by atoms with E-state index in [4.69, 9.17) is 0 Å². The SMILES string of the molecule is CCCNCC1(Cc2cc(C)cc(C)c2)CC2CC2C1. The lowest BCUT2D eigenvalue weighted by atomic mass is 9.77. The summed E-state index contributed by atoms with van der Waals surface area (Å²) in [4.78, 5) is 0. The average molecular weight is 271 g/mol. The van der Waals surface area contributed by atoms with Crippen LogP contribution in [0.4, 0.5) is 0 Å². The van der Waals surface area contributed by atoms with Crippen LogP contribution >= 0.6 is 0 Å². The molecule has 0 saturated heterocycles. The molecule has 0 aromatic heterocycles. The third kappa shape index (κ3) is 3.09. The first-order valence-corrected chi connectivity index (χ1v) is 8.38. The van der Waals surface area contributed by atoms with Crippen molar-refractivity contribution in [1.82, 2.24) is 5.32 Å². The van der Waals surface area contributed by atoms with Gasteiger partial charge in [-0.3, -0.25) is 0 Å². The summed E-state index contributed by atoms with van der Waals surface area (Å²) in [6.07, 6.45) is 6.96. The maximum absolute atomic E-state index is 3.71. The van der Waals surface area contributed by atoms with Crippen LogP contribution in [0.25, 0.3) is 0 Å². The van der Waals surface area contributed by atoms with E-state index in [0.29, 0.717) is 5.41 Å². The summed E-state index contributed by atoms with van der Waals surface area (Å²) >= 11 is 0. The van der Waals surface area contributed by atoms with Gasteiger partial charge in [0.05, 0.1) is 0 Å². The molecule has 1 heteroatoms. The maximum Gasteiger partial charge on any atom is 0.00112 e. The van der Waals surface area contributed by atoms with Crippen LogP contribution in [-0.2, 0) is 6.42 Å². The van der Waals surface area contributed by atoms with E-state index < -0.39 is 0 Å². The number of benzene rings is 1. The smallest absolute Gasteiger partial charge is 0.00112 e. The van der Waals surface area contributed by atoms with Gasteiger partial charge in [-0.2, -0.15) is 0 Å². The Bertz CT molecular complexity index is 446. The Balaban J connectivity index is 1.72. The van der Waals surface area contributed by atoms with Crippen LogP contribution in [0.3, 0.4) is 0 Å². The Hall–Kier alpha value is -0.820. The van der Waals surface area contributed by atoms with Crippen molar-refractivity contribution in [2.24, 2.45) is 17.3 Å². The van der Waals surface area contributed by atoms with Crippen LogP contribution in [0, 0.1) is 31.1 Å². The second kappa shape index (κ2) is 5.52. The minimum absolute atomic E-state index is 0.545. The predicted octanol–water partition coefficient (Wildman–Crippen LogP) is 4.26. The molecule has 1 aromatic carbocycles. The number of hydrogen-bond donors (Lipinski definition) is 1. The fourth-order valence-electron chi connectivity index (χ4n) is 4.49. The standard InChI is InChI=1S/C19H29N/c1-4-5-20-13-19(11-17-9-18(17)12-19)10-16-7-14(2)6-15(3)8-16/h6-8,17-18,20H,4-5,9-13H2,1-3H3. The molecule has 0 bridgehead atoms. The summed E-state index contributed by atoms with van der Waals surface area (Å²) in [5.74, 6) is 2.12. The van der Waals surface area contributed by atoms with Crippen LogP contribution in [0.2, 0.25) is 0 Å². The Labute approximate surface area is 124 Å². The summed E-state index contributed by atoms with van der Waals surface area (Å²) < 4.78 is 0. The first-order valence-electron chi connectivity index (χ1n) is 8.38. The van der Waals surface area contributed by atoms with Gasteiger partial charge in [-0.25, -0.2) is 0 Å². The molecule has 0 aliphatic heterocycles. The van der Waals surface area contributed by atoms with Crippen molar-refractivity contribution in [3.8, 4) is 0 Å². The molecule has 2 atom stereocenters. The van der Waals surface area contributed by atoms with Crippen LogP contribution in [0.5, 0.6) is 0 Å². The fraction of sp³-hybridized carbons (Fsp3) is 0.684. The Morgan fingerprint density at radius 2 is 1.75 bits per heavy atom. The molecule has 20 heavy (non-hydrogen) atoms. The molecule has 2 saturated carbocycles. The molecule has 0 amide bonds. The summed E-state index contributed by atoms with van der Waals surface area (Å²) in [5, 5.41) is 3.71. The van der Waals surface area contributed by atoms with Gasteiger partial charge >= 0.3 is 0 Å². The monoisotopic (exact) mass is 271 g/mol. The molecule has 1 N–H and O–H groups in total. The van der Waals surface area contributed by atoms with Crippen LogP contribution < -0.4 is 5.32 Å². The van der Waals surface area contributed by atoms with E-state index in [1.54, 1.807) is 5.56 Å². The van der Waals surface area contributed by atoms with E-state index in [2.05, 4.69) is 44.3 Å². The highest BCUT2D eigenvalue weighted by molar-refractivity contribution is 5.30. The minimum atomic E-state index is 0.545. The topological polar surface area (TPSA) is 12.0 Å². The Morgan fingerprint density at radius 1 is 1.10 bits per heavy atom. The number of rotatable bonds is 6. The van der Waals surface area contributed by atoms with Crippen molar-refractivity contribution in [3.05, 3.63) is 34.9 Å². The van der Waals surface area contributed by atoms with Gasteiger partial charge in [0.2, 0.25) is 0 Å². The summed E-state index contributed by atoms with van der Waals surface area (Å²) in [5.41, 5.74) is 4.94. The molecule has 110 valence electrons. The normalized spacial score (nSPS) is 31.4. The van der Waals surface area contributed by atoms with Gasteiger partial charge in [-0.05, 0) is 75.3 Å². The van der Waals surface area contributed by atoms with Gasteiger partial charge in [0, 0.05) is 6.54 Å². The first kappa shape index (κ1) is 14.1. The quantitative estimate of drug-likeness (QED) is 0.762. The zero-order valence-corrected chi connectivity index (χ0v) is 13.3. The van der Waals surface area contributed by atoms with Gasteiger partial charge in [-0.15, -0.1) is 0 Å². The molecule has 0 radical (unpaired) electrons. The van der Waals surface area contributed by atoms with Gasteiger partial charge in [-0.1, -0.05) is 36.2 Å². The molecule has 0 heterocycles. The van der Waals surface area contributed by atoms with E-state index in [1.165, 1.54) is 56.3 Å². The van der Waals surface area contributed by atoms with E-state index in [9.17, 15) is 0 Å². The van der Waals surface area contributed by atoms with Crippen LogP contribution in [0.1, 0.15) is 49.3 Å². The van der Waals surface area contributed by atoms with Gasteiger partial charge in [0.1, 0.15) is 0 Å². The van der Waals surface area contributed by atoms with Crippen molar-refractivity contribution >= 4 is 0 Å². The Kier molecular flexibility index (Phi) is 3.90. The Morgan fingerprint density at radius 3 is 2.35 bits per heavy atom. The molecule has 3 rings (SSSR count). The zero-order chi connectivity index (χ0) is 14.2. The van der Waals surface area contributed by atoms with E-state index in [0.717, 1.165) is 11.8 Å². The number of fused-ring (bicyclic) bond motifs is 1. The second-order valence-corrected chi connectivity index (χ2v) is 7.51. The van der Waals surface area contributed by atoms with Crippen molar-refractivity contribution < 1.29 is 0 Å². The number of nitrogens with one attached hydrogen (secondary N) is 1. The molecule has 0 spiro atoms. The highest BCUT2D eigenvalue weighted by atomic mass is 14.9. The average Bonchev–Trinajstić information content (AvgIpc) is 2.96. The minimum Gasteiger partial charge on any atom is -0.316 e. The lowest BCUT2D eigenvalue weighted by Gasteiger charge is -2.32. The van der Waals surface area contributed by atoms with E-state index in [-0.39, 0.29) is 0 Å². The second-order valence-electron chi connectivity index (χ2n) is 7.51. The summed E-state index contributed by atoms with van der Waals surface area (Å²) in [6.45, 7) is 9.11. The van der Waals surface area contributed by atoms with Gasteiger partial charge in [0.15, 0.2) is 0 Å². The molecule has 2 aliphatic carbocycles. The predicted molar refractivity (Wildman–Crippen MR) is 86.0 cm³/mol. The zero-order valence-electron chi connectivity index (χ0n) is 13.3. The number of hydrogen-bond acceptors (Lipinski definition) is 1. The number of aryl methyl sites for hydroxylation is 2. The molecule has 1 aromatic rings. The van der Waals surface area contributed by atoms with E-state index >= 15 is 0 Å². The first-order chi connectivity index (χ1) is 9.60. The van der Waals surface area contributed by atoms with Crippen LogP contribution in [0.15, 0.2) is 18.2 Å². The van der Waals surface area contributed by atoms with Crippen molar-refractivity contribution in [2.75, 3.05) is 13.1 Å².